The third-order valence-electron chi connectivity index (χ3n) is 7.13. The van der Waals surface area contributed by atoms with Gasteiger partial charge in [0.1, 0.15) is 22.7 Å². The Bertz CT molecular complexity index is 1330. The quantitative estimate of drug-likeness (QED) is 0.591. The molecule has 0 saturated carbocycles. The van der Waals surface area contributed by atoms with E-state index in [2.05, 4.69) is 26.3 Å². The predicted molar refractivity (Wildman–Crippen MR) is 137 cm³/mol. The van der Waals surface area contributed by atoms with Crippen molar-refractivity contribution in [3.8, 4) is 5.75 Å². The Kier molecular flexibility index (Phi) is 5.69. The van der Waals surface area contributed by atoms with Crippen molar-refractivity contribution in [2.45, 2.75) is 51.9 Å². The first kappa shape index (κ1) is 22.4. The number of nitrogens with zero attached hydrogens (tertiary/aromatic N) is 4. The van der Waals surface area contributed by atoms with Gasteiger partial charge in [0.15, 0.2) is 0 Å². The molecule has 0 bridgehead atoms. The number of hydrogen-bond donors (Lipinski definition) is 1. The summed E-state index contributed by atoms with van der Waals surface area (Å²) in [6, 6.07) is 4.10. The fourth-order valence-corrected chi connectivity index (χ4v) is 6.83. The molecule has 1 aromatic carbocycles. The van der Waals surface area contributed by atoms with Crippen LogP contribution in [0.15, 0.2) is 23.5 Å². The summed E-state index contributed by atoms with van der Waals surface area (Å²) in [5.41, 5.74) is 4.38. The van der Waals surface area contributed by atoms with Crippen molar-refractivity contribution in [2.24, 2.45) is 10.9 Å². The molecule has 8 nitrogen and oxygen atoms in total. The molecule has 1 aliphatic carbocycles. The van der Waals surface area contributed by atoms with Crippen molar-refractivity contribution in [1.29, 1.82) is 0 Å². The molecule has 3 atom stereocenters. The van der Waals surface area contributed by atoms with E-state index in [4.69, 9.17) is 9.47 Å². The number of methoxy groups -OCH3 is 1. The molecule has 0 spiro atoms. The summed E-state index contributed by atoms with van der Waals surface area (Å²) >= 11 is 1.68. The fraction of sp³-hybridized carbons (Fsp3) is 0.462. The minimum atomic E-state index is 0.00789. The van der Waals surface area contributed by atoms with Gasteiger partial charge in [0, 0.05) is 30.1 Å². The highest BCUT2D eigenvalue weighted by Crippen LogP contribution is 2.42. The highest BCUT2D eigenvalue weighted by molar-refractivity contribution is 7.19. The van der Waals surface area contributed by atoms with Crippen LogP contribution in [0.2, 0.25) is 0 Å². The van der Waals surface area contributed by atoms with Crippen LogP contribution in [-0.4, -0.2) is 59.4 Å². The number of carbonyl (C=O) groups excluding carboxylic acids is 1. The Labute approximate surface area is 208 Å². The second-order valence-corrected chi connectivity index (χ2v) is 10.8. The number of thiophene rings is 1. The highest BCUT2D eigenvalue weighted by Gasteiger charge is 2.34. The third kappa shape index (κ3) is 4.06. The molecule has 3 aromatic rings. The van der Waals surface area contributed by atoms with Gasteiger partial charge in [-0.3, -0.25) is 9.79 Å². The van der Waals surface area contributed by atoms with E-state index in [1.807, 2.05) is 31.0 Å². The summed E-state index contributed by atoms with van der Waals surface area (Å²) in [4.78, 5) is 31.1. The number of aromatic nitrogens is 2. The van der Waals surface area contributed by atoms with Gasteiger partial charge in [-0.1, -0.05) is 0 Å². The van der Waals surface area contributed by atoms with Crippen LogP contribution < -0.4 is 10.1 Å². The molecule has 6 rings (SSSR count). The van der Waals surface area contributed by atoms with E-state index in [0.29, 0.717) is 19.6 Å². The molecule has 1 amide bonds. The van der Waals surface area contributed by atoms with Gasteiger partial charge < -0.3 is 19.7 Å². The number of aliphatic imine (C=N–C) groups is 1. The topological polar surface area (TPSA) is 88.9 Å². The molecule has 1 fully saturated rings. The largest absolute Gasteiger partial charge is 0.495 e. The maximum atomic E-state index is 13.4. The normalized spacial score (nSPS) is 23.3. The number of anilines is 2. The molecule has 182 valence electrons. The molecule has 0 unspecified atom stereocenters. The zero-order chi connectivity index (χ0) is 24.1. The number of fused-ring (bicyclic) bond motifs is 4. The maximum absolute atomic E-state index is 13.4. The van der Waals surface area contributed by atoms with Crippen LogP contribution in [0.25, 0.3) is 10.2 Å². The SMILES string of the molecule is COc1cc2c(cc1Nc1ncnc3sc4c(c13)CC[C@H](C(=O)N1C[C@H](C)O[C@@H](C)C1)C4)C=NC2. The number of ether oxygens (including phenoxy) is 2. The van der Waals surface area contributed by atoms with E-state index in [9.17, 15) is 4.79 Å². The van der Waals surface area contributed by atoms with Gasteiger partial charge in [-0.15, -0.1) is 11.3 Å². The van der Waals surface area contributed by atoms with Gasteiger partial charge in [-0.05, 0) is 61.9 Å². The van der Waals surface area contributed by atoms with Crippen molar-refractivity contribution in [3.05, 3.63) is 40.0 Å². The highest BCUT2D eigenvalue weighted by atomic mass is 32.1. The number of morpholine rings is 1. The predicted octanol–water partition coefficient (Wildman–Crippen LogP) is 4.12. The molecular weight excluding hydrogens is 462 g/mol. The first-order valence-electron chi connectivity index (χ1n) is 12.2. The van der Waals surface area contributed by atoms with Crippen molar-refractivity contribution in [3.63, 3.8) is 0 Å². The summed E-state index contributed by atoms with van der Waals surface area (Å²) in [5, 5.41) is 4.57. The standard InChI is InChI=1S/C26H29N5O3S/c1-14-11-31(12-15(2)34-14)26(32)16-4-5-19-22(8-16)35-25-23(19)24(28-13-29-25)30-20-6-17-9-27-10-18(17)7-21(20)33-3/h6-7,9,13-16H,4-5,8,10-12H2,1-3H3,(H,28,29,30)/t14-,15-,16-/m0/s1. The van der Waals surface area contributed by atoms with E-state index in [-0.39, 0.29) is 24.0 Å². The summed E-state index contributed by atoms with van der Waals surface area (Å²) in [6.45, 7) is 6.11. The molecule has 9 heteroatoms. The lowest BCUT2D eigenvalue weighted by molar-refractivity contribution is -0.147. The van der Waals surface area contributed by atoms with Gasteiger partial charge in [0.2, 0.25) is 5.91 Å². The zero-order valence-electron chi connectivity index (χ0n) is 20.2. The number of amides is 1. The molecule has 0 radical (unpaired) electrons. The lowest BCUT2D eigenvalue weighted by atomic mass is 9.86. The van der Waals surface area contributed by atoms with Gasteiger partial charge in [-0.2, -0.15) is 0 Å². The molecular formula is C26H29N5O3S. The Morgan fingerprint density at radius 1 is 1.23 bits per heavy atom. The molecule has 2 aromatic heterocycles. The van der Waals surface area contributed by atoms with Crippen LogP contribution >= 0.6 is 11.3 Å². The Morgan fingerprint density at radius 2 is 2.06 bits per heavy atom. The number of hydrogen-bond acceptors (Lipinski definition) is 8. The first-order chi connectivity index (χ1) is 17.0. The average Bonchev–Trinajstić information content (AvgIpc) is 3.46. The lowest BCUT2D eigenvalue weighted by Crippen LogP contribution is -2.50. The number of benzene rings is 1. The third-order valence-corrected chi connectivity index (χ3v) is 8.29. The van der Waals surface area contributed by atoms with Crippen LogP contribution in [-0.2, 0) is 28.9 Å². The Hall–Kier alpha value is -3.04. The van der Waals surface area contributed by atoms with E-state index in [1.165, 1.54) is 10.4 Å². The average molecular weight is 492 g/mol. The van der Waals surface area contributed by atoms with Crippen LogP contribution in [0.3, 0.4) is 0 Å². The molecule has 35 heavy (non-hydrogen) atoms. The maximum Gasteiger partial charge on any atom is 0.226 e. The smallest absolute Gasteiger partial charge is 0.226 e. The fourth-order valence-electron chi connectivity index (χ4n) is 5.56. The summed E-state index contributed by atoms with van der Waals surface area (Å²) in [5.74, 6) is 1.81. The van der Waals surface area contributed by atoms with Gasteiger partial charge in [0.25, 0.3) is 0 Å². The van der Waals surface area contributed by atoms with Crippen LogP contribution in [0.4, 0.5) is 11.5 Å². The number of aryl methyl sites for hydroxylation is 1. The van der Waals surface area contributed by atoms with Crippen molar-refractivity contribution in [2.75, 3.05) is 25.5 Å². The van der Waals surface area contributed by atoms with Crippen LogP contribution in [0.5, 0.6) is 5.75 Å². The monoisotopic (exact) mass is 491 g/mol. The minimum Gasteiger partial charge on any atom is -0.495 e. The van der Waals surface area contributed by atoms with Crippen molar-refractivity contribution >= 4 is 45.2 Å². The molecule has 4 heterocycles. The van der Waals surface area contributed by atoms with Gasteiger partial charge >= 0.3 is 0 Å². The molecule has 1 N–H and O–H groups in total. The molecule has 3 aliphatic rings. The van der Waals surface area contributed by atoms with Gasteiger partial charge in [0.05, 0.1) is 36.9 Å². The van der Waals surface area contributed by atoms with E-state index in [0.717, 1.165) is 57.9 Å². The second-order valence-electron chi connectivity index (χ2n) is 9.69. The minimum absolute atomic E-state index is 0.00789. The van der Waals surface area contributed by atoms with E-state index < -0.39 is 0 Å². The van der Waals surface area contributed by atoms with Crippen molar-refractivity contribution < 1.29 is 14.3 Å². The molecule has 1 saturated heterocycles. The Morgan fingerprint density at radius 3 is 2.86 bits per heavy atom. The summed E-state index contributed by atoms with van der Waals surface area (Å²) in [7, 11) is 1.68. The molecule has 2 aliphatic heterocycles. The van der Waals surface area contributed by atoms with E-state index in [1.54, 1.807) is 24.8 Å². The van der Waals surface area contributed by atoms with Crippen LogP contribution in [0.1, 0.15) is 41.8 Å². The number of carbonyl (C=O) groups is 1. The van der Waals surface area contributed by atoms with Crippen LogP contribution in [0, 0.1) is 5.92 Å². The van der Waals surface area contributed by atoms with Gasteiger partial charge in [-0.25, -0.2) is 9.97 Å². The summed E-state index contributed by atoms with van der Waals surface area (Å²) in [6.07, 6.45) is 6.10. The number of rotatable bonds is 4. The lowest BCUT2D eigenvalue weighted by Gasteiger charge is -2.37. The zero-order valence-corrected chi connectivity index (χ0v) is 21.0. The van der Waals surface area contributed by atoms with Crippen molar-refractivity contribution in [1.82, 2.24) is 14.9 Å². The van der Waals surface area contributed by atoms with E-state index >= 15 is 0 Å². The first-order valence-corrected chi connectivity index (χ1v) is 13.0. The number of nitrogens with one attached hydrogen (secondary N) is 1. The summed E-state index contributed by atoms with van der Waals surface area (Å²) < 4.78 is 11.5. The Balaban J connectivity index is 1.29. The second kappa shape index (κ2) is 8.87.